The first-order valence-corrected chi connectivity index (χ1v) is 7.84. The van der Waals surface area contributed by atoms with Crippen LogP contribution in [0.15, 0.2) is 29.3 Å². The van der Waals surface area contributed by atoms with Crippen molar-refractivity contribution in [3.05, 3.63) is 55.9 Å². The molecule has 0 atom stereocenters. The maximum absolute atomic E-state index is 10.6. The van der Waals surface area contributed by atoms with E-state index < -0.39 is 4.92 Å². The van der Waals surface area contributed by atoms with Gasteiger partial charge in [-0.15, -0.1) is 11.3 Å². The molecule has 1 aliphatic carbocycles. The lowest BCUT2D eigenvalue weighted by Crippen LogP contribution is -1.99. The van der Waals surface area contributed by atoms with E-state index in [9.17, 15) is 15.4 Å². The van der Waals surface area contributed by atoms with Crippen LogP contribution in [0.1, 0.15) is 34.4 Å². The maximum atomic E-state index is 10.6. The molecule has 1 aromatic heterocycles. The van der Waals surface area contributed by atoms with Crippen LogP contribution < -0.4 is 0 Å². The molecular weight excluding hydrogens is 298 g/mol. The molecule has 1 aromatic carbocycles. The van der Waals surface area contributed by atoms with E-state index in [1.165, 1.54) is 23.4 Å². The van der Waals surface area contributed by atoms with E-state index in [2.05, 4.69) is 11.1 Å². The third-order valence-electron chi connectivity index (χ3n) is 3.70. The summed E-state index contributed by atoms with van der Waals surface area (Å²) in [6.45, 7) is 0. The summed E-state index contributed by atoms with van der Waals surface area (Å²) < 4.78 is 0. The zero-order valence-electron chi connectivity index (χ0n) is 11.8. The normalized spacial score (nSPS) is 13.8. The Morgan fingerprint density at radius 3 is 2.68 bits per heavy atom. The molecule has 0 saturated carbocycles. The van der Waals surface area contributed by atoms with Crippen LogP contribution in [0, 0.1) is 21.4 Å². The Hall–Kier alpha value is -2.52. The second kappa shape index (κ2) is 6.08. The van der Waals surface area contributed by atoms with Gasteiger partial charge in [0.15, 0.2) is 0 Å². The van der Waals surface area contributed by atoms with Gasteiger partial charge in [0.25, 0.3) is 5.69 Å². The Morgan fingerprint density at radius 2 is 2.00 bits per heavy atom. The molecule has 1 aliphatic rings. The highest BCUT2D eigenvalue weighted by molar-refractivity contribution is 7.16. The first-order valence-electron chi connectivity index (χ1n) is 7.02. The molecule has 0 saturated heterocycles. The number of nitro groups is 1. The van der Waals surface area contributed by atoms with Crippen molar-refractivity contribution in [2.75, 3.05) is 0 Å². The van der Waals surface area contributed by atoms with Gasteiger partial charge < -0.3 is 0 Å². The van der Waals surface area contributed by atoms with Crippen molar-refractivity contribution in [3.63, 3.8) is 0 Å². The number of nitrogens with zero attached hydrogens (tertiary/aromatic N) is 3. The lowest BCUT2D eigenvalue weighted by Gasteiger charge is -2.09. The molecule has 5 nitrogen and oxygen atoms in total. The van der Waals surface area contributed by atoms with Crippen LogP contribution >= 0.6 is 11.3 Å². The van der Waals surface area contributed by atoms with Gasteiger partial charge in [-0.1, -0.05) is 0 Å². The van der Waals surface area contributed by atoms with Crippen LogP contribution in [0.2, 0.25) is 0 Å². The van der Waals surface area contributed by atoms with Gasteiger partial charge in [-0.05, 0) is 48.9 Å². The fraction of sp³-hybridized carbons (Fsp3) is 0.250. The van der Waals surface area contributed by atoms with E-state index in [0.29, 0.717) is 5.56 Å². The fourth-order valence-electron chi connectivity index (χ4n) is 2.57. The van der Waals surface area contributed by atoms with Crippen LogP contribution in [-0.4, -0.2) is 11.1 Å². The molecule has 22 heavy (non-hydrogen) atoms. The highest BCUT2D eigenvalue weighted by Crippen LogP contribution is 2.39. The average Bonchev–Trinajstić information content (AvgIpc) is 2.90. The highest BCUT2D eigenvalue weighted by Gasteiger charge is 2.20. The minimum absolute atomic E-state index is 0.0569. The van der Waals surface area contributed by atoms with Gasteiger partial charge in [-0.3, -0.25) is 10.1 Å². The maximum Gasteiger partial charge on any atom is 0.269 e. The Morgan fingerprint density at radius 1 is 1.27 bits per heavy atom. The Bertz CT molecular complexity index is 785. The molecular formula is C16H13N3O2S. The number of fused-ring (bicyclic) bond motifs is 1. The van der Waals surface area contributed by atoms with Gasteiger partial charge in [-0.25, -0.2) is 4.99 Å². The number of non-ortho nitro benzene ring substituents is 1. The summed E-state index contributed by atoms with van der Waals surface area (Å²) in [6.07, 6.45) is 5.94. The second-order valence-corrected chi connectivity index (χ2v) is 6.19. The number of aryl methyl sites for hydroxylation is 1. The number of nitro benzene ring substituents is 1. The third kappa shape index (κ3) is 2.76. The molecule has 0 amide bonds. The molecule has 6 heteroatoms. The first kappa shape index (κ1) is 14.4. The summed E-state index contributed by atoms with van der Waals surface area (Å²) in [5.41, 5.74) is 2.69. The summed E-state index contributed by atoms with van der Waals surface area (Å²) in [7, 11) is 0. The minimum atomic E-state index is -0.429. The average molecular weight is 311 g/mol. The third-order valence-corrected chi connectivity index (χ3v) is 4.90. The molecule has 0 unspecified atom stereocenters. The quantitative estimate of drug-likeness (QED) is 0.485. The number of thiophene rings is 1. The smallest absolute Gasteiger partial charge is 0.258 e. The number of benzene rings is 1. The van der Waals surface area contributed by atoms with E-state index in [0.717, 1.165) is 35.4 Å². The van der Waals surface area contributed by atoms with E-state index in [4.69, 9.17) is 0 Å². The van der Waals surface area contributed by atoms with Crippen LogP contribution in [0.25, 0.3) is 0 Å². The zero-order valence-corrected chi connectivity index (χ0v) is 12.6. The molecule has 0 aliphatic heterocycles. The summed E-state index contributed by atoms with van der Waals surface area (Å²) in [4.78, 5) is 15.9. The summed E-state index contributed by atoms with van der Waals surface area (Å²) in [5.74, 6) is 0. The van der Waals surface area contributed by atoms with E-state index >= 15 is 0 Å². The topological polar surface area (TPSA) is 79.3 Å². The Kier molecular flexibility index (Phi) is 3.98. The van der Waals surface area contributed by atoms with Gasteiger partial charge in [-0.2, -0.15) is 5.26 Å². The van der Waals surface area contributed by atoms with Crippen LogP contribution in [0.3, 0.4) is 0 Å². The fourth-order valence-corrected chi connectivity index (χ4v) is 3.76. The van der Waals surface area contributed by atoms with Crippen molar-refractivity contribution in [3.8, 4) is 6.07 Å². The summed E-state index contributed by atoms with van der Waals surface area (Å²) in [5, 5.41) is 20.7. The molecule has 2 aromatic rings. The van der Waals surface area contributed by atoms with Gasteiger partial charge in [0, 0.05) is 23.2 Å². The number of hydrogen-bond acceptors (Lipinski definition) is 5. The van der Waals surface area contributed by atoms with Crippen LogP contribution in [-0.2, 0) is 12.8 Å². The van der Waals surface area contributed by atoms with Crippen molar-refractivity contribution in [1.82, 2.24) is 0 Å². The Labute approximate surface area is 131 Å². The lowest BCUT2D eigenvalue weighted by molar-refractivity contribution is -0.384. The van der Waals surface area contributed by atoms with E-state index in [1.54, 1.807) is 29.7 Å². The van der Waals surface area contributed by atoms with Gasteiger partial charge in [0.2, 0.25) is 0 Å². The number of nitriles is 1. The van der Waals surface area contributed by atoms with E-state index in [-0.39, 0.29) is 5.69 Å². The number of hydrogen-bond donors (Lipinski definition) is 0. The zero-order chi connectivity index (χ0) is 15.5. The van der Waals surface area contributed by atoms with Crippen LogP contribution in [0.4, 0.5) is 10.7 Å². The Balaban J connectivity index is 1.88. The molecule has 3 rings (SSSR count). The number of aliphatic imine (C=N–C) groups is 1. The van der Waals surface area contributed by atoms with Crippen molar-refractivity contribution in [2.45, 2.75) is 25.7 Å². The second-order valence-electron chi connectivity index (χ2n) is 5.11. The van der Waals surface area contributed by atoms with Crippen LogP contribution in [0.5, 0.6) is 0 Å². The molecule has 0 bridgehead atoms. The van der Waals surface area contributed by atoms with Gasteiger partial charge >= 0.3 is 0 Å². The summed E-state index contributed by atoms with van der Waals surface area (Å²) in [6, 6.07) is 8.48. The minimum Gasteiger partial charge on any atom is -0.258 e. The predicted octanol–water partition coefficient (Wildman–Crippen LogP) is 4.16. The van der Waals surface area contributed by atoms with E-state index in [1.807, 2.05) is 0 Å². The SMILES string of the molecule is N#Cc1c(/N=C/c2ccc([N+](=O)[O-])cc2)sc2c1CCCC2. The van der Waals surface area contributed by atoms with Gasteiger partial charge in [0.1, 0.15) is 11.1 Å². The van der Waals surface area contributed by atoms with Crippen molar-refractivity contribution >= 4 is 28.2 Å². The first-order chi connectivity index (χ1) is 10.7. The highest BCUT2D eigenvalue weighted by atomic mass is 32.1. The molecule has 0 radical (unpaired) electrons. The molecule has 0 N–H and O–H groups in total. The summed E-state index contributed by atoms with van der Waals surface area (Å²) >= 11 is 1.59. The monoisotopic (exact) mass is 311 g/mol. The molecule has 0 fully saturated rings. The van der Waals surface area contributed by atoms with Gasteiger partial charge in [0.05, 0.1) is 10.5 Å². The lowest BCUT2D eigenvalue weighted by atomic mass is 9.96. The van der Waals surface area contributed by atoms with Crippen molar-refractivity contribution in [2.24, 2.45) is 4.99 Å². The molecule has 110 valence electrons. The predicted molar refractivity (Wildman–Crippen MR) is 86.0 cm³/mol. The molecule has 0 spiro atoms. The number of rotatable bonds is 3. The molecule has 1 heterocycles. The standard InChI is InChI=1S/C16H13N3O2S/c17-9-14-13-3-1-2-4-15(13)22-16(14)18-10-11-5-7-12(8-6-11)19(20)21/h5-8,10H,1-4H2/b18-10+. The van der Waals surface area contributed by atoms with Crippen molar-refractivity contribution < 1.29 is 4.92 Å². The largest absolute Gasteiger partial charge is 0.269 e. The van der Waals surface area contributed by atoms with Crippen molar-refractivity contribution in [1.29, 1.82) is 5.26 Å².